The second-order valence-corrected chi connectivity index (χ2v) is 7.11. The lowest BCUT2D eigenvalue weighted by atomic mass is 10.3. The third kappa shape index (κ3) is 3.77. The van der Waals surface area contributed by atoms with E-state index in [9.17, 15) is 9.59 Å². The molecule has 0 saturated heterocycles. The lowest BCUT2D eigenvalue weighted by Gasteiger charge is -2.06. The highest BCUT2D eigenvalue weighted by Crippen LogP contribution is 2.28. The molecule has 0 aliphatic carbocycles. The van der Waals surface area contributed by atoms with Crippen molar-refractivity contribution in [1.29, 1.82) is 0 Å². The van der Waals surface area contributed by atoms with E-state index in [-0.39, 0.29) is 12.3 Å². The van der Waals surface area contributed by atoms with Gasteiger partial charge in [0, 0.05) is 12.4 Å². The van der Waals surface area contributed by atoms with Gasteiger partial charge in [-0.15, -0.1) is 22.7 Å². The Kier molecular flexibility index (Phi) is 4.95. The summed E-state index contributed by atoms with van der Waals surface area (Å²) in [4.78, 5) is 29.3. The van der Waals surface area contributed by atoms with E-state index in [4.69, 9.17) is 4.74 Å². The zero-order valence-corrected chi connectivity index (χ0v) is 15.5. The number of hydrogen-bond acceptors (Lipinski definition) is 7. The normalized spacial score (nSPS) is 10.7. The molecule has 0 aliphatic heterocycles. The van der Waals surface area contributed by atoms with Gasteiger partial charge in [-0.05, 0) is 25.3 Å². The number of amides is 1. The van der Waals surface area contributed by atoms with Crippen molar-refractivity contribution < 1.29 is 14.3 Å². The van der Waals surface area contributed by atoms with Crippen molar-refractivity contribution in [3.8, 4) is 9.88 Å². The molecule has 0 unspecified atom stereocenters. The summed E-state index contributed by atoms with van der Waals surface area (Å²) in [6.45, 7) is 3.28. The van der Waals surface area contributed by atoms with Crippen molar-refractivity contribution in [1.82, 2.24) is 14.8 Å². The number of thiophene rings is 1. The van der Waals surface area contributed by atoms with E-state index in [2.05, 4.69) is 15.4 Å². The third-order valence-corrected chi connectivity index (χ3v) is 5.43. The van der Waals surface area contributed by atoms with E-state index in [1.807, 2.05) is 24.4 Å². The smallest absolute Gasteiger partial charge is 0.358 e. The molecule has 3 aromatic heterocycles. The Morgan fingerprint density at radius 2 is 2.12 bits per heavy atom. The summed E-state index contributed by atoms with van der Waals surface area (Å²) in [6.07, 6.45) is 0. The average Bonchev–Trinajstić information content (AvgIpc) is 3.30. The van der Waals surface area contributed by atoms with Crippen molar-refractivity contribution in [2.75, 3.05) is 11.9 Å². The number of nitrogens with one attached hydrogen (secondary N) is 1. The minimum atomic E-state index is -0.617. The molecule has 0 aliphatic rings. The standard InChI is InChI=1S/C16H16N4O3S2/c1-9-14(10(2)20(3)19-9)18-13(21)7-23-16(22)11-8-25-15(17-11)12-5-4-6-24-12/h4-6,8H,7H2,1-3H3,(H,18,21). The number of esters is 1. The van der Waals surface area contributed by atoms with E-state index < -0.39 is 11.9 Å². The molecule has 0 aromatic carbocycles. The van der Waals surface area contributed by atoms with Crippen LogP contribution in [0, 0.1) is 13.8 Å². The van der Waals surface area contributed by atoms with Crippen molar-refractivity contribution in [2.45, 2.75) is 13.8 Å². The lowest BCUT2D eigenvalue weighted by Crippen LogP contribution is -2.21. The van der Waals surface area contributed by atoms with Gasteiger partial charge in [0.2, 0.25) is 0 Å². The van der Waals surface area contributed by atoms with E-state index in [1.54, 1.807) is 35.4 Å². The summed E-state index contributed by atoms with van der Waals surface area (Å²) in [7, 11) is 1.80. The van der Waals surface area contributed by atoms with Gasteiger partial charge >= 0.3 is 5.97 Å². The van der Waals surface area contributed by atoms with Crippen LogP contribution >= 0.6 is 22.7 Å². The molecule has 0 saturated carbocycles. The first-order valence-corrected chi connectivity index (χ1v) is 9.18. The molecular formula is C16H16N4O3S2. The fraction of sp³-hybridized carbons (Fsp3) is 0.250. The van der Waals surface area contributed by atoms with Crippen LogP contribution in [0.1, 0.15) is 21.9 Å². The van der Waals surface area contributed by atoms with Gasteiger partial charge in [-0.3, -0.25) is 9.48 Å². The highest BCUT2D eigenvalue weighted by Gasteiger charge is 2.17. The zero-order chi connectivity index (χ0) is 18.0. The number of ether oxygens (including phenoxy) is 1. The van der Waals surface area contributed by atoms with E-state index >= 15 is 0 Å². The van der Waals surface area contributed by atoms with Gasteiger partial charge in [0.05, 0.1) is 22.0 Å². The Hall–Kier alpha value is -2.52. The van der Waals surface area contributed by atoms with E-state index in [1.165, 1.54) is 11.3 Å². The Balaban J connectivity index is 1.58. The predicted molar refractivity (Wildman–Crippen MR) is 97.0 cm³/mol. The first kappa shape index (κ1) is 17.3. The van der Waals surface area contributed by atoms with Crippen LogP contribution in [0.15, 0.2) is 22.9 Å². The van der Waals surface area contributed by atoms with E-state index in [0.717, 1.165) is 15.6 Å². The predicted octanol–water partition coefficient (Wildman–Crippen LogP) is 3.02. The number of hydrogen-bond donors (Lipinski definition) is 1. The quantitative estimate of drug-likeness (QED) is 0.692. The molecule has 3 aromatic rings. The van der Waals surface area contributed by atoms with Crippen LogP contribution in [0.25, 0.3) is 9.88 Å². The minimum absolute atomic E-state index is 0.204. The van der Waals surface area contributed by atoms with Crippen molar-refractivity contribution >= 4 is 40.2 Å². The van der Waals surface area contributed by atoms with Crippen LogP contribution in [-0.2, 0) is 16.6 Å². The number of carbonyl (C=O) groups excluding carboxylic acids is 2. The first-order valence-electron chi connectivity index (χ1n) is 7.42. The fourth-order valence-electron chi connectivity index (χ4n) is 2.22. The van der Waals surface area contributed by atoms with Gasteiger partial charge in [-0.1, -0.05) is 6.07 Å². The molecule has 0 bridgehead atoms. The van der Waals surface area contributed by atoms with Crippen LogP contribution in [0.3, 0.4) is 0 Å². The number of carbonyl (C=O) groups is 2. The van der Waals surface area contributed by atoms with Gasteiger partial charge in [0.25, 0.3) is 5.91 Å². The summed E-state index contributed by atoms with van der Waals surface area (Å²) in [5, 5.41) is 11.3. The molecule has 7 nitrogen and oxygen atoms in total. The highest BCUT2D eigenvalue weighted by molar-refractivity contribution is 7.20. The molecule has 1 amide bonds. The number of rotatable bonds is 5. The van der Waals surface area contributed by atoms with Gasteiger partial charge in [0.1, 0.15) is 5.01 Å². The second kappa shape index (κ2) is 7.16. The summed E-state index contributed by atoms with van der Waals surface area (Å²) < 4.78 is 6.73. The van der Waals surface area contributed by atoms with Crippen molar-refractivity contribution in [3.63, 3.8) is 0 Å². The summed E-state index contributed by atoms with van der Waals surface area (Å²) >= 11 is 2.92. The molecular weight excluding hydrogens is 360 g/mol. The lowest BCUT2D eigenvalue weighted by molar-refractivity contribution is -0.119. The topological polar surface area (TPSA) is 86.1 Å². The molecule has 3 rings (SSSR count). The number of anilines is 1. The number of aryl methyl sites for hydroxylation is 2. The SMILES string of the molecule is Cc1nn(C)c(C)c1NC(=O)COC(=O)c1csc(-c2cccs2)n1. The maximum atomic E-state index is 12.1. The first-order chi connectivity index (χ1) is 12.0. The van der Waals surface area contributed by atoms with Crippen LogP contribution in [0.2, 0.25) is 0 Å². The maximum absolute atomic E-state index is 12.1. The average molecular weight is 376 g/mol. The molecule has 3 heterocycles. The molecule has 0 radical (unpaired) electrons. The molecule has 130 valence electrons. The minimum Gasteiger partial charge on any atom is -0.451 e. The Morgan fingerprint density at radius 1 is 1.32 bits per heavy atom. The van der Waals surface area contributed by atoms with Gasteiger partial charge in [0.15, 0.2) is 12.3 Å². The summed E-state index contributed by atoms with van der Waals surface area (Å²) in [6, 6.07) is 3.86. The van der Waals surface area contributed by atoms with Crippen LogP contribution in [-0.4, -0.2) is 33.2 Å². The second-order valence-electron chi connectivity index (χ2n) is 5.31. The van der Waals surface area contributed by atoms with Crippen LogP contribution < -0.4 is 5.32 Å². The molecule has 0 atom stereocenters. The molecule has 9 heteroatoms. The third-order valence-electron chi connectivity index (χ3n) is 3.55. The van der Waals surface area contributed by atoms with Crippen molar-refractivity contribution in [3.05, 3.63) is 40.0 Å². The molecule has 0 fully saturated rings. The maximum Gasteiger partial charge on any atom is 0.358 e. The number of nitrogens with zero attached hydrogens (tertiary/aromatic N) is 3. The van der Waals surface area contributed by atoms with Crippen LogP contribution in [0.4, 0.5) is 5.69 Å². The zero-order valence-electron chi connectivity index (χ0n) is 13.9. The number of thiazole rings is 1. The number of aromatic nitrogens is 3. The van der Waals surface area contributed by atoms with E-state index in [0.29, 0.717) is 11.4 Å². The van der Waals surface area contributed by atoms with Gasteiger partial charge in [-0.25, -0.2) is 9.78 Å². The molecule has 1 N–H and O–H groups in total. The Bertz CT molecular complexity index is 912. The summed E-state index contributed by atoms with van der Waals surface area (Å²) in [5.41, 5.74) is 2.38. The monoisotopic (exact) mass is 376 g/mol. The Morgan fingerprint density at radius 3 is 2.76 bits per heavy atom. The highest BCUT2D eigenvalue weighted by atomic mass is 32.1. The summed E-state index contributed by atoms with van der Waals surface area (Å²) in [5.74, 6) is -1.03. The fourth-order valence-corrected chi connectivity index (χ4v) is 3.82. The van der Waals surface area contributed by atoms with Crippen molar-refractivity contribution in [2.24, 2.45) is 7.05 Å². The van der Waals surface area contributed by atoms with Crippen LogP contribution in [0.5, 0.6) is 0 Å². The van der Waals surface area contributed by atoms with Gasteiger partial charge in [-0.2, -0.15) is 5.10 Å². The largest absolute Gasteiger partial charge is 0.451 e. The molecule has 0 spiro atoms. The molecule has 25 heavy (non-hydrogen) atoms. The Labute approximate surface area is 152 Å². The van der Waals surface area contributed by atoms with Gasteiger partial charge < -0.3 is 10.1 Å².